The maximum absolute atomic E-state index is 11.0. The molecule has 0 saturated carbocycles. The lowest BCUT2D eigenvalue weighted by Gasteiger charge is -2.04. The zero-order valence-corrected chi connectivity index (χ0v) is 14.2. The summed E-state index contributed by atoms with van der Waals surface area (Å²) in [6.07, 6.45) is 1.67. The summed E-state index contributed by atoms with van der Waals surface area (Å²) in [5, 5.41) is 6.28. The molecule has 0 aliphatic heterocycles. The number of benzene rings is 3. The van der Waals surface area contributed by atoms with E-state index in [0.717, 1.165) is 22.1 Å². The number of anilines is 1. The van der Waals surface area contributed by atoms with Gasteiger partial charge >= 0.3 is 0 Å². The zero-order chi connectivity index (χ0) is 17.9. The lowest BCUT2D eigenvalue weighted by Crippen LogP contribution is -1.98. The van der Waals surface area contributed by atoms with Crippen LogP contribution in [0.25, 0.3) is 10.8 Å². The normalized spacial score (nSPS) is 11.8. The second-order valence-electron chi connectivity index (χ2n) is 5.34. The number of nitrogens with zero attached hydrogens (tertiary/aromatic N) is 1. The quantitative estimate of drug-likeness (QED) is 0.415. The molecule has 7 heteroatoms. The summed E-state index contributed by atoms with van der Waals surface area (Å²) < 4.78 is 36.1. The number of hydrogen-bond donors (Lipinski definition) is 2. The van der Waals surface area contributed by atoms with Crippen molar-refractivity contribution < 1.29 is 17.7 Å². The van der Waals surface area contributed by atoms with Crippen LogP contribution in [0.4, 0.5) is 5.69 Å². The molecule has 0 aliphatic rings. The maximum Gasteiger partial charge on any atom is 0.294 e. The molecule has 0 unspecified atom stereocenters. The van der Waals surface area contributed by atoms with E-state index >= 15 is 0 Å². The summed E-state index contributed by atoms with van der Waals surface area (Å²) in [4.78, 5) is -0.160. The van der Waals surface area contributed by atoms with Crippen molar-refractivity contribution in [2.24, 2.45) is 5.10 Å². The molecule has 0 saturated heterocycles. The number of fused-ring (bicyclic) bond motifs is 1. The minimum Gasteiger partial charge on any atom is -0.497 e. The van der Waals surface area contributed by atoms with Gasteiger partial charge in [0.25, 0.3) is 10.1 Å². The van der Waals surface area contributed by atoms with Gasteiger partial charge in [-0.05, 0) is 58.8 Å². The second kappa shape index (κ2) is 6.92. The van der Waals surface area contributed by atoms with Gasteiger partial charge in [-0.15, -0.1) is 0 Å². The molecule has 0 atom stereocenters. The van der Waals surface area contributed by atoms with E-state index in [9.17, 15) is 8.42 Å². The molecule has 6 nitrogen and oxygen atoms in total. The van der Waals surface area contributed by atoms with Crippen LogP contribution in [0.2, 0.25) is 0 Å². The molecule has 0 heterocycles. The fraction of sp³-hybridized carbons (Fsp3) is 0.0556. The van der Waals surface area contributed by atoms with Gasteiger partial charge in [-0.25, -0.2) is 0 Å². The Labute approximate surface area is 145 Å². The number of nitrogens with one attached hydrogen (secondary N) is 1. The molecular formula is C18H16N2O4S. The molecular weight excluding hydrogens is 340 g/mol. The summed E-state index contributed by atoms with van der Waals surface area (Å²) in [5.74, 6) is 0.809. The van der Waals surface area contributed by atoms with E-state index < -0.39 is 10.1 Å². The first-order valence-corrected chi connectivity index (χ1v) is 8.84. The predicted molar refractivity (Wildman–Crippen MR) is 98.0 cm³/mol. The Hall–Kier alpha value is -2.90. The minimum atomic E-state index is -4.18. The van der Waals surface area contributed by atoms with Crippen LogP contribution in [0.15, 0.2) is 70.7 Å². The Morgan fingerprint density at radius 3 is 2.36 bits per heavy atom. The van der Waals surface area contributed by atoms with E-state index in [4.69, 9.17) is 9.29 Å². The first-order chi connectivity index (χ1) is 12.0. The van der Waals surface area contributed by atoms with E-state index in [2.05, 4.69) is 10.5 Å². The second-order valence-corrected chi connectivity index (χ2v) is 6.76. The van der Waals surface area contributed by atoms with Crippen molar-refractivity contribution in [3.05, 3.63) is 66.2 Å². The molecule has 3 aromatic carbocycles. The molecule has 2 N–H and O–H groups in total. The third-order valence-corrected chi connectivity index (χ3v) is 4.50. The Morgan fingerprint density at radius 1 is 1.00 bits per heavy atom. The van der Waals surface area contributed by atoms with E-state index in [1.807, 2.05) is 36.4 Å². The number of rotatable bonds is 5. The van der Waals surface area contributed by atoms with Crippen LogP contribution in [-0.2, 0) is 10.1 Å². The molecule has 25 heavy (non-hydrogen) atoms. The monoisotopic (exact) mass is 356 g/mol. The average Bonchev–Trinajstić information content (AvgIpc) is 2.61. The Balaban J connectivity index is 1.72. The molecule has 3 rings (SSSR count). The summed E-state index contributed by atoms with van der Waals surface area (Å²) in [6.45, 7) is 0. The molecule has 0 spiro atoms. The van der Waals surface area contributed by atoms with Gasteiger partial charge in [0.15, 0.2) is 0 Å². The van der Waals surface area contributed by atoms with E-state index in [1.165, 1.54) is 24.3 Å². The van der Waals surface area contributed by atoms with Crippen molar-refractivity contribution in [3.63, 3.8) is 0 Å². The first-order valence-electron chi connectivity index (χ1n) is 7.40. The average molecular weight is 356 g/mol. The minimum absolute atomic E-state index is 0.160. The number of methoxy groups -OCH3 is 1. The van der Waals surface area contributed by atoms with E-state index in [-0.39, 0.29) is 4.90 Å². The summed E-state index contributed by atoms with van der Waals surface area (Å²) in [5.41, 5.74) is 4.33. The molecule has 0 fully saturated rings. The van der Waals surface area contributed by atoms with Crippen LogP contribution < -0.4 is 10.2 Å². The van der Waals surface area contributed by atoms with Gasteiger partial charge < -0.3 is 4.74 Å². The van der Waals surface area contributed by atoms with Crippen molar-refractivity contribution in [2.45, 2.75) is 4.90 Å². The van der Waals surface area contributed by atoms with Gasteiger partial charge in [0, 0.05) is 0 Å². The Morgan fingerprint density at radius 2 is 1.68 bits per heavy atom. The third kappa shape index (κ3) is 4.14. The highest BCUT2D eigenvalue weighted by Crippen LogP contribution is 2.21. The fourth-order valence-corrected chi connectivity index (χ4v) is 2.81. The first kappa shape index (κ1) is 16.9. The Bertz CT molecular complexity index is 1030. The van der Waals surface area contributed by atoms with Gasteiger partial charge in [0.05, 0.1) is 23.9 Å². The number of hydrazone groups is 1. The lowest BCUT2D eigenvalue weighted by molar-refractivity contribution is 0.415. The van der Waals surface area contributed by atoms with Crippen LogP contribution >= 0.6 is 0 Å². The van der Waals surface area contributed by atoms with Crippen molar-refractivity contribution >= 4 is 32.8 Å². The lowest BCUT2D eigenvalue weighted by atomic mass is 10.1. The van der Waals surface area contributed by atoms with Crippen LogP contribution in [0.5, 0.6) is 5.75 Å². The molecule has 0 radical (unpaired) electrons. The molecule has 3 aromatic rings. The van der Waals surface area contributed by atoms with Crippen molar-refractivity contribution in [3.8, 4) is 5.75 Å². The van der Waals surface area contributed by atoms with Gasteiger partial charge in [0.1, 0.15) is 5.75 Å². The van der Waals surface area contributed by atoms with Crippen LogP contribution in [-0.4, -0.2) is 26.3 Å². The van der Waals surface area contributed by atoms with Gasteiger partial charge in [-0.3, -0.25) is 9.98 Å². The van der Waals surface area contributed by atoms with E-state index in [0.29, 0.717) is 5.69 Å². The standard InChI is InChI=1S/C18H16N2O4S/c1-24-17-7-4-14-10-13(2-3-15(14)11-17)12-19-20-16-5-8-18(9-6-16)25(21,22)23/h2-12,20H,1H3,(H,21,22,23)/b19-12-. The van der Waals surface area contributed by atoms with Crippen molar-refractivity contribution in [1.29, 1.82) is 0 Å². The highest BCUT2D eigenvalue weighted by Gasteiger charge is 2.07. The van der Waals surface area contributed by atoms with Crippen LogP contribution in [0.1, 0.15) is 5.56 Å². The summed E-state index contributed by atoms with van der Waals surface area (Å²) >= 11 is 0. The Kier molecular flexibility index (Phi) is 4.69. The topological polar surface area (TPSA) is 88.0 Å². The van der Waals surface area contributed by atoms with Gasteiger partial charge in [-0.2, -0.15) is 13.5 Å². The highest BCUT2D eigenvalue weighted by molar-refractivity contribution is 7.85. The summed E-state index contributed by atoms with van der Waals surface area (Å²) in [6, 6.07) is 17.4. The van der Waals surface area contributed by atoms with Gasteiger partial charge in [-0.1, -0.05) is 18.2 Å². The number of ether oxygens (including phenoxy) is 1. The van der Waals surface area contributed by atoms with Crippen LogP contribution in [0.3, 0.4) is 0 Å². The van der Waals surface area contributed by atoms with Crippen LogP contribution in [0, 0.1) is 0 Å². The molecule has 0 aromatic heterocycles. The summed E-state index contributed by atoms with van der Waals surface area (Å²) in [7, 11) is -2.55. The fourth-order valence-electron chi connectivity index (χ4n) is 2.33. The molecule has 128 valence electrons. The number of hydrogen-bond acceptors (Lipinski definition) is 5. The molecule has 0 aliphatic carbocycles. The van der Waals surface area contributed by atoms with Gasteiger partial charge in [0.2, 0.25) is 0 Å². The van der Waals surface area contributed by atoms with E-state index in [1.54, 1.807) is 13.3 Å². The SMILES string of the molecule is COc1ccc2cc(/C=N\Nc3ccc(S(=O)(=O)O)cc3)ccc2c1. The van der Waals surface area contributed by atoms with Crippen molar-refractivity contribution in [2.75, 3.05) is 12.5 Å². The zero-order valence-electron chi connectivity index (χ0n) is 13.4. The maximum atomic E-state index is 11.0. The predicted octanol–water partition coefficient (Wildman–Crippen LogP) is 3.54. The third-order valence-electron chi connectivity index (χ3n) is 3.63. The molecule has 0 bridgehead atoms. The smallest absolute Gasteiger partial charge is 0.294 e. The largest absolute Gasteiger partial charge is 0.497 e. The highest BCUT2D eigenvalue weighted by atomic mass is 32.2. The molecule has 0 amide bonds. The van der Waals surface area contributed by atoms with Crippen molar-refractivity contribution in [1.82, 2.24) is 0 Å².